The van der Waals surface area contributed by atoms with Gasteiger partial charge in [0.25, 0.3) is 0 Å². The van der Waals surface area contributed by atoms with Gasteiger partial charge in [-0.3, -0.25) is 0 Å². The van der Waals surface area contributed by atoms with Gasteiger partial charge in [-0.2, -0.15) is 4.98 Å². The quantitative estimate of drug-likeness (QED) is 0.865. The molecule has 1 aromatic heterocycles. The van der Waals surface area contributed by atoms with Crippen LogP contribution in [0.2, 0.25) is 0 Å². The fourth-order valence-corrected chi connectivity index (χ4v) is 3.05. The van der Waals surface area contributed by atoms with Gasteiger partial charge in [-0.25, -0.2) is 4.98 Å². The van der Waals surface area contributed by atoms with E-state index in [2.05, 4.69) is 28.2 Å². The normalized spacial score (nSPS) is 15.5. The molecule has 0 spiro atoms. The van der Waals surface area contributed by atoms with Gasteiger partial charge in [-0.05, 0) is 51.7 Å². The standard InChI is InChI=1S/C20H28N4O/c1-14(2)25-18-8-6-5-7-17(18)22-20-21-16(4)13-19(23-20)24-11-9-15(3)10-12-24/h5-8,13-15H,9-12H2,1-4H3,(H,21,22,23). The monoisotopic (exact) mass is 340 g/mol. The maximum absolute atomic E-state index is 5.88. The Balaban J connectivity index is 1.82. The molecule has 1 N–H and O–H groups in total. The van der Waals surface area contributed by atoms with Crippen molar-refractivity contribution in [2.45, 2.75) is 46.6 Å². The van der Waals surface area contributed by atoms with Crippen molar-refractivity contribution in [3.63, 3.8) is 0 Å². The number of nitrogens with zero attached hydrogens (tertiary/aromatic N) is 3. The molecule has 25 heavy (non-hydrogen) atoms. The smallest absolute Gasteiger partial charge is 0.229 e. The minimum absolute atomic E-state index is 0.118. The van der Waals surface area contributed by atoms with Crippen LogP contribution in [-0.2, 0) is 0 Å². The van der Waals surface area contributed by atoms with E-state index in [0.717, 1.165) is 42.0 Å². The first-order chi connectivity index (χ1) is 12.0. The summed E-state index contributed by atoms with van der Waals surface area (Å²) in [5.41, 5.74) is 1.85. The SMILES string of the molecule is Cc1cc(N2CCC(C)CC2)nc(Nc2ccccc2OC(C)C)n1. The molecule has 5 nitrogen and oxygen atoms in total. The predicted octanol–water partition coefficient (Wildman–Crippen LogP) is 4.55. The van der Waals surface area contributed by atoms with Crippen molar-refractivity contribution < 1.29 is 4.74 Å². The van der Waals surface area contributed by atoms with E-state index >= 15 is 0 Å². The van der Waals surface area contributed by atoms with Crippen LogP contribution in [0.15, 0.2) is 30.3 Å². The van der Waals surface area contributed by atoms with E-state index in [0.29, 0.717) is 5.95 Å². The zero-order valence-corrected chi connectivity index (χ0v) is 15.6. The Morgan fingerprint density at radius 2 is 1.88 bits per heavy atom. The summed E-state index contributed by atoms with van der Waals surface area (Å²) in [4.78, 5) is 11.7. The summed E-state index contributed by atoms with van der Waals surface area (Å²) in [5, 5.41) is 3.33. The number of benzene rings is 1. The molecule has 0 bridgehead atoms. The van der Waals surface area contributed by atoms with Crippen LogP contribution >= 0.6 is 0 Å². The van der Waals surface area contributed by atoms with Crippen molar-refractivity contribution in [3.05, 3.63) is 36.0 Å². The van der Waals surface area contributed by atoms with Gasteiger partial charge in [-0.1, -0.05) is 19.1 Å². The molecule has 2 heterocycles. The zero-order valence-electron chi connectivity index (χ0n) is 15.6. The van der Waals surface area contributed by atoms with E-state index in [-0.39, 0.29) is 6.10 Å². The van der Waals surface area contributed by atoms with Crippen LogP contribution in [-0.4, -0.2) is 29.2 Å². The molecule has 134 valence electrons. The van der Waals surface area contributed by atoms with Crippen LogP contribution in [0.4, 0.5) is 17.5 Å². The maximum Gasteiger partial charge on any atom is 0.229 e. The second-order valence-electron chi connectivity index (χ2n) is 7.15. The van der Waals surface area contributed by atoms with E-state index in [4.69, 9.17) is 9.72 Å². The Morgan fingerprint density at radius 3 is 2.60 bits per heavy atom. The lowest BCUT2D eigenvalue weighted by molar-refractivity contribution is 0.244. The predicted molar refractivity (Wildman–Crippen MR) is 103 cm³/mol. The summed E-state index contributed by atoms with van der Waals surface area (Å²) in [7, 11) is 0. The first-order valence-corrected chi connectivity index (χ1v) is 9.14. The highest BCUT2D eigenvalue weighted by atomic mass is 16.5. The van der Waals surface area contributed by atoms with Crippen molar-refractivity contribution in [2.75, 3.05) is 23.3 Å². The molecule has 0 unspecified atom stereocenters. The summed E-state index contributed by atoms with van der Waals surface area (Å²) < 4.78 is 5.88. The van der Waals surface area contributed by atoms with Crippen molar-refractivity contribution in [2.24, 2.45) is 5.92 Å². The number of nitrogens with one attached hydrogen (secondary N) is 1. The van der Waals surface area contributed by atoms with Crippen LogP contribution in [0.5, 0.6) is 5.75 Å². The third kappa shape index (κ3) is 4.62. The highest BCUT2D eigenvalue weighted by Gasteiger charge is 2.18. The van der Waals surface area contributed by atoms with Gasteiger partial charge in [0.1, 0.15) is 11.6 Å². The van der Waals surface area contributed by atoms with Crippen molar-refractivity contribution in [1.82, 2.24) is 9.97 Å². The summed E-state index contributed by atoms with van der Waals surface area (Å²) in [5.74, 6) is 3.24. The molecule has 0 amide bonds. The fourth-order valence-electron chi connectivity index (χ4n) is 3.05. The maximum atomic E-state index is 5.88. The van der Waals surface area contributed by atoms with E-state index in [1.165, 1.54) is 12.8 Å². The number of hydrogen-bond acceptors (Lipinski definition) is 5. The lowest BCUT2D eigenvalue weighted by atomic mass is 9.99. The molecule has 1 saturated heterocycles. The number of anilines is 3. The van der Waals surface area contributed by atoms with Gasteiger partial charge in [0.15, 0.2) is 0 Å². The molecule has 1 aliphatic heterocycles. The van der Waals surface area contributed by atoms with Crippen LogP contribution in [0, 0.1) is 12.8 Å². The number of hydrogen-bond donors (Lipinski definition) is 1. The second-order valence-corrected chi connectivity index (χ2v) is 7.15. The molecular weight excluding hydrogens is 312 g/mol. The number of piperidine rings is 1. The first kappa shape index (κ1) is 17.5. The van der Waals surface area contributed by atoms with E-state index in [1.54, 1.807) is 0 Å². The average Bonchev–Trinajstić information content (AvgIpc) is 2.56. The fraction of sp³-hybridized carbons (Fsp3) is 0.500. The molecule has 0 saturated carbocycles. The largest absolute Gasteiger partial charge is 0.489 e. The van der Waals surface area contributed by atoms with Crippen LogP contribution in [0.1, 0.15) is 39.3 Å². The minimum Gasteiger partial charge on any atom is -0.489 e. The molecule has 1 fully saturated rings. The summed E-state index contributed by atoms with van der Waals surface area (Å²) in [6.07, 6.45) is 2.56. The molecule has 5 heteroatoms. The number of aryl methyl sites for hydroxylation is 1. The minimum atomic E-state index is 0.118. The topological polar surface area (TPSA) is 50.3 Å². The van der Waals surface area contributed by atoms with E-state index in [1.807, 2.05) is 45.0 Å². The highest BCUT2D eigenvalue weighted by Crippen LogP contribution is 2.28. The molecule has 0 radical (unpaired) electrons. The van der Waals surface area contributed by atoms with Gasteiger partial charge in [0.2, 0.25) is 5.95 Å². The third-order valence-corrected chi connectivity index (χ3v) is 4.44. The summed E-state index contributed by atoms with van der Waals surface area (Å²) in [6, 6.07) is 9.98. The number of rotatable bonds is 5. The molecule has 1 aliphatic rings. The van der Waals surface area contributed by atoms with E-state index < -0.39 is 0 Å². The Kier molecular flexibility index (Phi) is 5.41. The number of aromatic nitrogens is 2. The average molecular weight is 340 g/mol. The van der Waals surface area contributed by atoms with Crippen molar-refractivity contribution >= 4 is 17.5 Å². The van der Waals surface area contributed by atoms with Crippen LogP contribution in [0.3, 0.4) is 0 Å². The van der Waals surface area contributed by atoms with Gasteiger partial charge in [0.05, 0.1) is 11.8 Å². The van der Waals surface area contributed by atoms with E-state index in [9.17, 15) is 0 Å². The van der Waals surface area contributed by atoms with Crippen molar-refractivity contribution in [3.8, 4) is 5.75 Å². The lowest BCUT2D eigenvalue weighted by Crippen LogP contribution is -2.33. The van der Waals surface area contributed by atoms with Crippen LogP contribution in [0.25, 0.3) is 0 Å². The second kappa shape index (κ2) is 7.72. The van der Waals surface area contributed by atoms with Gasteiger partial charge in [-0.15, -0.1) is 0 Å². The Morgan fingerprint density at radius 1 is 1.16 bits per heavy atom. The molecule has 2 aromatic rings. The van der Waals surface area contributed by atoms with Gasteiger partial charge in [0, 0.05) is 24.8 Å². The molecule has 0 atom stereocenters. The van der Waals surface area contributed by atoms with Crippen molar-refractivity contribution in [1.29, 1.82) is 0 Å². The summed E-state index contributed by atoms with van der Waals surface area (Å²) in [6.45, 7) is 10.5. The first-order valence-electron chi connectivity index (χ1n) is 9.14. The Hall–Kier alpha value is -2.30. The third-order valence-electron chi connectivity index (χ3n) is 4.44. The van der Waals surface area contributed by atoms with Gasteiger partial charge < -0.3 is 15.0 Å². The van der Waals surface area contributed by atoms with Crippen LogP contribution < -0.4 is 15.0 Å². The Labute approximate surface area is 150 Å². The molecule has 3 rings (SSSR count). The van der Waals surface area contributed by atoms with Gasteiger partial charge >= 0.3 is 0 Å². The lowest BCUT2D eigenvalue weighted by Gasteiger charge is -2.31. The molecular formula is C20H28N4O. The zero-order chi connectivity index (χ0) is 17.8. The summed E-state index contributed by atoms with van der Waals surface area (Å²) >= 11 is 0. The number of para-hydroxylation sites is 2. The Bertz CT molecular complexity index is 709. The molecule has 1 aromatic carbocycles. The number of ether oxygens (including phenoxy) is 1. The highest BCUT2D eigenvalue weighted by molar-refractivity contribution is 5.63. The molecule has 0 aliphatic carbocycles.